The second-order valence-corrected chi connectivity index (χ2v) is 5.53. The minimum atomic E-state index is -0.264. The van der Waals surface area contributed by atoms with Gasteiger partial charge >= 0.3 is 0 Å². The second-order valence-electron chi connectivity index (χ2n) is 5.53. The molecule has 0 aliphatic rings. The molecule has 0 heterocycles. The molecule has 0 aliphatic carbocycles. The molecule has 0 saturated heterocycles. The van der Waals surface area contributed by atoms with Crippen LogP contribution in [0.1, 0.15) is 44.0 Å². The molecule has 0 saturated carbocycles. The van der Waals surface area contributed by atoms with E-state index in [4.69, 9.17) is 4.74 Å². The first kappa shape index (κ1) is 18.0. The first-order chi connectivity index (χ1) is 10.5. The van der Waals surface area contributed by atoms with Crippen molar-refractivity contribution in [3.63, 3.8) is 0 Å². The summed E-state index contributed by atoms with van der Waals surface area (Å²) in [6.45, 7) is 7.43. The number of nitrogens with one attached hydrogen (secondary N) is 2. The topological polar surface area (TPSA) is 67.4 Å². The van der Waals surface area contributed by atoms with Gasteiger partial charge in [0, 0.05) is 12.1 Å². The number of hydrogen-bond donors (Lipinski definition) is 2. The van der Waals surface area contributed by atoms with Gasteiger partial charge in [-0.05, 0) is 49.9 Å². The van der Waals surface area contributed by atoms with Gasteiger partial charge in [-0.1, -0.05) is 13.8 Å². The molecule has 0 bridgehead atoms. The molecule has 0 aromatic heterocycles. The first-order valence-electron chi connectivity index (χ1n) is 7.80. The Morgan fingerprint density at radius 1 is 1.14 bits per heavy atom. The minimum Gasteiger partial charge on any atom is -0.494 e. The number of rotatable bonds is 9. The highest BCUT2D eigenvalue weighted by Gasteiger charge is 2.08. The number of hydrogen-bond acceptors (Lipinski definition) is 3. The third-order valence-electron chi connectivity index (χ3n) is 3.12. The fourth-order valence-electron chi connectivity index (χ4n) is 1.93. The van der Waals surface area contributed by atoms with Crippen LogP contribution in [0.2, 0.25) is 0 Å². The van der Waals surface area contributed by atoms with Gasteiger partial charge in [0.1, 0.15) is 5.75 Å². The van der Waals surface area contributed by atoms with Gasteiger partial charge in [0.15, 0.2) is 0 Å². The largest absolute Gasteiger partial charge is 0.494 e. The van der Waals surface area contributed by atoms with Crippen LogP contribution in [-0.4, -0.2) is 31.5 Å². The molecule has 2 N–H and O–H groups in total. The summed E-state index contributed by atoms with van der Waals surface area (Å²) in [5.74, 6) is 0.932. The zero-order valence-corrected chi connectivity index (χ0v) is 13.6. The summed E-state index contributed by atoms with van der Waals surface area (Å²) in [5.41, 5.74) is 0.510. The average molecular weight is 306 g/mol. The van der Waals surface area contributed by atoms with Gasteiger partial charge in [0.25, 0.3) is 5.91 Å². The van der Waals surface area contributed by atoms with Crippen LogP contribution in [0.3, 0.4) is 0 Å². The van der Waals surface area contributed by atoms with E-state index in [1.165, 1.54) is 0 Å². The standard InChI is InChI=1S/C17H26N2O3/c1-4-22-15-9-7-14(8-10-15)17(21)19-12-16(20)18-11-5-6-13(2)3/h7-10,13H,4-6,11-12H2,1-3H3,(H,18,20)(H,19,21). The van der Waals surface area contributed by atoms with Crippen LogP contribution >= 0.6 is 0 Å². The third kappa shape index (κ3) is 7.11. The molecule has 1 aromatic rings. The summed E-state index contributed by atoms with van der Waals surface area (Å²) in [6, 6.07) is 6.84. The van der Waals surface area contributed by atoms with E-state index in [9.17, 15) is 9.59 Å². The Bertz CT molecular complexity index is 469. The normalized spacial score (nSPS) is 10.4. The van der Waals surface area contributed by atoms with Crippen LogP contribution in [0.25, 0.3) is 0 Å². The van der Waals surface area contributed by atoms with Crippen molar-refractivity contribution in [2.75, 3.05) is 19.7 Å². The average Bonchev–Trinajstić information content (AvgIpc) is 2.50. The fourth-order valence-corrected chi connectivity index (χ4v) is 1.93. The summed E-state index contributed by atoms with van der Waals surface area (Å²) in [7, 11) is 0. The summed E-state index contributed by atoms with van der Waals surface area (Å²) >= 11 is 0. The lowest BCUT2D eigenvalue weighted by molar-refractivity contribution is -0.120. The van der Waals surface area contributed by atoms with Crippen molar-refractivity contribution >= 4 is 11.8 Å². The molecule has 122 valence electrons. The highest BCUT2D eigenvalue weighted by molar-refractivity contribution is 5.96. The minimum absolute atomic E-state index is 0.00623. The molecular weight excluding hydrogens is 280 g/mol. The molecule has 0 spiro atoms. The summed E-state index contributed by atoms with van der Waals surface area (Å²) in [5, 5.41) is 5.41. The predicted octanol–water partition coefficient (Wildman–Crippen LogP) is 2.37. The number of benzene rings is 1. The van der Waals surface area contributed by atoms with Gasteiger partial charge in [-0.15, -0.1) is 0 Å². The number of carbonyl (C=O) groups is 2. The molecule has 0 radical (unpaired) electrons. The van der Waals surface area contributed by atoms with Crippen LogP contribution in [0.15, 0.2) is 24.3 Å². The Morgan fingerprint density at radius 3 is 2.41 bits per heavy atom. The fraction of sp³-hybridized carbons (Fsp3) is 0.529. The molecule has 0 aliphatic heterocycles. The molecule has 2 amide bonds. The lowest BCUT2D eigenvalue weighted by Crippen LogP contribution is -2.37. The van der Waals surface area contributed by atoms with Crippen LogP contribution in [0.4, 0.5) is 0 Å². The third-order valence-corrected chi connectivity index (χ3v) is 3.12. The molecule has 5 nitrogen and oxygen atoms in total. The molecule has 5 heteroatoms. The van der Waals surface area contributed by atoms with Crippen molar-refractivity contribution < 1.29 is 14.3 Å². The Kier molecular flexibility index (Phi) is 8.04. The quantitative estimate of drug-likeness (QED) is 0.688. The Hall–Kier alpha value is -2.04. The van der Waals surface area contributed by atoms with Gasteiger partial charge in [0.2, 0.25) is 5.91 Å². The van der Waals surface area contributed by atoms with Gasteiger partial charge in [0.05, 0.1) is 13.2 Å². The van der Waals surface area contributed by atoms with Crippen molar-refractivity contribution in [1.82, 2.24) is 10.6 Å². The molecular formula is C17H26N2O3. The van der Waals surface area contributed by atoms with Crippen molar-refractivity contribution in [3.05, 3.63) is 29.8 Å². The van der Waals surface area contributed by atoms with Crippen LogP contribution in [-0.2, 0) is 4.79 Å². The van der Waals surface area contributed by atoms with Gasteiger partial charge < -0.3 is 15.4 Å². The van der Waals surface area contributed by atoms with E-state index in [0.29, 0.717) is 24.6 Å². The zero-order valence-electron chi connectivity index (χ0n) is 13.6. The van der Waals surface area contributed by atoms with Gasteiger partial charge in [-0.3, -0.25) is 9.59 Å². The molecule has 0 unspecified atom stereocenters. The number of amides is 2. The van der Waals surface area contributed by atoms with Crippen molar-refractivity contribution in [2.24, 2.45) is 5.92 Å². The Balaban J connectivity index is 2.28. The predicted molar refractivity (Wildman–Crippen MR) is 87.0 cm³/mol. The van der Waals surface area contributed by atoms with Crippen LogP contribution in [0.5, 0.6) is 5.75 Å². The lowest BCUT2D eigenvalue weighted by atomic mass is 10.1. The smallest absolute Gasteiger partial charge is 0.251 e. The summed E-state index contributed by atoms with van der Waals surface area (Å²) in [6.07, 6.45) is 2.04. The molecule has 0 fully saturated rings. The highest BCUT2D eigenvalue weighted by atomic mass is 16.5. The molecule has 22 heavy (non-hydrogen) atoms. The van der Waals surface area contributed by atoms with E-state index in [2.05, 4.69) is 24.5 Å². The molecule has 1 aromatic carbocycles. The summed E-state index contributed by atoms with van der Waals surface area (Å²) < 4.78 is 5.31. The van der Waals surface area contributed by atoms with E-state index in [0.717, 1.165) is 18.6 Å². The number of carbonyl (C=O) groups excluding carboxylic acids is 2. The summed E-state index contributed by atoms with van der Waals surface area (Å²) in [4.78, 5) is 23.5. The molecule has 0 atom stereocenters. The maximum Gasteiger partial charge on any atom is 0.251 e. The zero-order chi connectivity index (χ0) is 16.4. The Labute approximate surface area is 132 Å². The Morgan fingerprint density at radius 2 is 1.82 bits per heavy atom. The highest BCUT2D eigenvalue weighted by Crippen LogP contribution is 2.11. The maximum absolute atomic E-state index is 11.9. The van der Waals surface area contributed by atoms with Crippen LogP contribution in [0, 0.1) is 5.92 Å². The van der Waals surface area contributed by atoms with E-state index in [1.807, 2.05) is 6.92 Å². The van der Waals surface area contributed by atoms with E-state index in [-0.39, 0.29) is 18.4 Å². The van der Waals surface area contributed by atoms with Gasteiger partial charge in [-0.25, -0.2) is 0 Å². The first-order valence-corrected chi connectivity index (χ1v) is 7.80. The van der Waals surface area contributed by atoms with Crippen molar-refractivity contribution in [3.8, 4) is 5.75 Å². The van der Waals surface area contributed by atoms with E-state index < -0.39 is 0 Å². The maximum atomic E-state index is 11.9. The van der Waals surface area contributed by atoms with E-state index >= 15 is 0 Å². The SMILES string of the molecule is CCOc1ccc(C(=O)NCC(=O)NCCCC(C)C)cc1. The van der Waals surface area contributed by atoms with Gasteiger partial charge in [-0.2, -0.15) is 0 Å². The second kappa shape index (κ2) is 9.82. The van der Waals surface area contributed by atoms with E-state index in [1.54, 1.807) is 24.3 Å². The lowest BCUT2D eigenvalue weighted by Gasteiger charge is -2.08. The molecule has 1 rings (SSSR count). The monoisotopic (exact) mass is 306 g/mol. The van der Waals surface area contributed by atoms with Crippen LogP contribution < -0.4 is 15.4 Å². The van der Waals surface area contributed by atoms with Crippen molar-refractivity contribution in [2.45, 2.75) is 33.6 Å². The van der Waals surface area contributed by atoms with Crippen molar-refractivity contribution in [1.29, 1.82) is 0 Å². The number of ether oxygens (including phenoxy) is 1.